The van der Waals surface area contributed by atoms with Crippen LogP contribution in [0.2, 0.25) is 5.02 Å². The quantitative estimate of drug-likeness (QED) is 0.868. The van der Waals surface area contributed by atoms with Gasteiger partial charge in [0.2, 0.25) is 0 Å². The summed E-state index contributed by atoms with van der Waals surface area (Å²) in [6.07, 6.45) is 2.74. The second-order valence-electron chi connectivity index (χ2n) is 3.86. The Labute approximate surface area is 101 Å². The zero-order chi connectivity index (χ0) is 10.5. The fourth-order valence-corrected chi connectivity index (χ4v) is 3.25. The molecule has 1 saturated heterocycles. The van der Waals surface area contributed by atoms with Gasteiger partial charge in [0.25, 0.3) is 0 Å². The lowest BCUT2D eigenvalue weighted by Crippen LogP contribution is -2.22. The van der Waals surface area contributed by atoms with Gasteiger partial charge in [-0.3, -0.25) is 0 Å². The van der Waals surface area contributed by atoms with E-state index in [2.05, 4.69) is 23.1 Å². The minimum atomic E-state index is 0.812. The van der Waals surface area contributed by atoms with E-state index < -0.39 is 0 Å². The SMILES string of the molecule is Clc1ccccc1CNCC1CCCS1. The second kappa shape index (κ2) is 5.78. The van der Waals surface area contributed by atoms with Gasteiger partial charge in [0, 0.05) is 23.4 Å². The number of hydrogen-bond acceptors (Lipinski definition) is 2. The molecule has 1 aliphatic rings. The van der Waals surface area contributed by atoms with Gasteiger partial charge in [-0.05, 0) is 30.2 Å². The minimum Gasteiger partial charge on any atom is -0.312 e. The van der Waals surface area contributed by atoms with Crippen molar-refractivity contribution in [2.45, 2.75) is 24.6 Å². The van der Waals surface area contributed by atoms with Gasteiger partial charge in [-0.1, -0.05) is 29.8 Å². The molecule has 1 N–H and O–H groups in total. The van der Waals surface area contributed by atoms with Crippen molar-refractivity contribution >= 4 is 23.4 Å². The molecule has 1 unspecified atom stereocenters. The number of thioether (sulfide) groups is 1. The van der Waals surface area contributed by atoms with Gasteiger partial charge in [-0.25, -0.2) is 0 Å². The molecule has 0 aliphatic carbocycles. The second-order valence-corrected chi connectivity index (χ2v) is 5.67. The Morgan fingerprint density at radius 2 is 2.27 bits per heavy atom. The average Bonchev–Trinajstić information content (AvgIpc) is 2.74. The van der Waals surface area contributed by atoms with Crippen molar-refractivity contribution in [3.63, 3.8) is 0 Å². The number of benzene rings is 1. The van der Waals surface area contributed by atoms with E-state index in [1.54, 1.807) is 0 Å². The molecule has 15 heavy (non-hydrogen) atoms. The lowest BCUT2D eigenvalue weighted by Gasteiger charge is -2.10. The number of halogens is 1. The summed E-state index contributed by atoms with van der Waals surface area (Å²) in [6, 6.07) is 8.03. The van der Waals surface area contributed by atoms with E-state index in [-0.39, 0.29) is 0 Å². The van der Waals surface area contributed by atoms with Crippen LogP contribution < -0.4 is 5.32 Å². The van der Waals surface area contributed by atoms with Crippen molar-refractivity contribution < 1.29 is 0 Å². The minimum absolute atomic E-state index is 0.812. The molecule has 1 aliphatic heterocycles. The first-order valence-corrected chi connectivity index (χ1v) is 6.84. The Bertz CT molecular complexity index is 310. The normalized spacial score (nSPS) is 20.7. The maximum atomic E-state index is 6.07. The van der Waals surface area contributed by atoms with E-state index in [4.69, 9.17) is 11.6 Å². The summed E-state index contributed by atoms with van der Waals surface area (Å²) in [5, 5.41) is 5.16. The molecule has 0 amide bonds. The van der Waals surface area contributed by atoms with Crippen molar-refractivity contribution in [1.29, 1.82) is 0 Å². The lowest BCUT2D eigenvalue weighted by atomic mass is 10.2. The smallest absolute Gasteiger partial charge is 0.0450 e. The molecule has 1 aromatic carbocycles. The lowest BCUT2D eigenvalue weighted by molar-refractivity contribution is 0.646. The fourth-order valence-electron chi connectivity index (χ4n) is 1.81. The van der Waals surface area contributed by atoms with Gasteiger partial charge in [-0.15, -0.1) is 0 Å². The van der Waals surface area contributed by atoms with Gasteiger partial charge >= 0.3 is 0 Å². The molecule has 1 fully saturated rings. The molecule has 3 heteroatoms. The summed E-state index contributed by atoms with van der Waals surface area (Å²) in [5.41, 5.74) is 1.20. The van der Waals surface area contributed by atoms with Gasteiger partial charge in [0.1, 0.15) is 0 Å². The summed E-state index contributed by atoms with van der Waals surface area (Å²) in [4.78, 5) is 0. The van der Waals surface area contributed by atoms with Crippen LogP contribution in [-0.4, -0.2) is 17.5 Å². The Hall–Kier alpha value is -0.180. The summed E-state index contributed by atoms with van der Waals surface area (Å²) >= 11 is 8.16. The van der Waals surface area contributed by atoms with Crippen LogP contribution in [0.5, 0.6) is 0 Å². The van der Waals surface area contributed by atoms with Crippen molar-refractivity contribution in [2.24, 2.45) is 0 Å². The number of hydrogen-bond donors (Lipinski definition) is 1. The van der Waals surface area contributed by atoms with Gasteiger partial charge in [-0.2, -0.15) is 11.8 Å². The highest BCUT2D eigenvalue weighted by Gasteiger charge is 2.14. The Morgan fingerprint density at radius 3 is 3.00 bits per heavy atom. The van der Waals surface area contributed by atoms with E-state index >= 15 is 0 Å². The molecule has 0 spiro atoms. The van der Waals surface area contributed by atoms with Crippen LogP contribution in [0.4, 0.5) is 0 Å². The Balaban J connectivity index is 1.75. The van der Waals surface area contributed by atoms with Crippen LogP contribution >= 0.6 is 23.4 Å². The highest BCUT2D eigenvalue weighted by atomic mass is 35.5. The third-order valence-corrected chi connectivity index (χ3v) is 4.44. The molecule has 1 aromatic rings. The molecular weight excluding hydrogens is 226 g/mol. The fraction of sp³-hybridized carbons (Fsp3) is 0.500. The number of rotatable bonds is 4. The van der Waals surface area contributed by atoms with Crippen LogP contribution in [-0.2, 0) is 6.54 Å². The van der Waals surface area contributed by atoms with E-state index in [1.165, 1.54) is 24.2 Å². The summed E-state index contributed by atoms with van der Waals surface area (Å²) < 4.78 is 0. The third-order valence-electron chi connectivity index (χ3n) is 2.67. The van der Waals surface area contributed by atoms with Crippen molar-refractivity contribution in [1.82, 2.24) is 5.32 Å². The highest BCUT2D eigenvalue weighted by molar-refractivity contribution is 8.00. The molecule has 1 atom stereocenters. The van der Waals surface area contributed by atoms with Crippen molar-refractivity contribution in [3.05, 3.63) is 34.9 Å². The molecule has 1 heterocycles. The zero-order valence-electron chi connectivity index (χ0n) is 8.71. The number of nitrogens with one attached hydrogen (secondary N) is 1. The monoisotopic (exact) mass is 241 g/mol. The molecule has 0 aromatic heterocycles. The van der Waals surface area contributed by atoms with E-state index in [0.717, 1.165) is 23.4 Å². The topological polar surface area (TPSA) is 12.0 Å². The van der Waals surface area contributed by atoms with Crippen LogP contribution in [0.15, 0.2) is 24.3 Å². The molecule has 82 valence electrons. The molecule has 1 nitrogen and oxygen atoms in total. The molecular formula is C12H16ClNS. The largest absolute Gasteiger partial charge is 0.312 e. The molecule has 0 bridgehead atoms. The Kier molecular flexibility index (Phi) is 4.36. The zero-order valence-corrected chi connectivity index (χ0v) is 10.3. The van der Waals surface area contributed by atoms with Gasteiger partial charge in [0.05, 0.1) is 0 Å². The third kappa shape index (κ3) is 3.40. The summed E-state index contributed by atoms with van der Waals surface area (Å²) in [7, 11) is 0. The van der Waals surface area contributed by atoms with Crippen molar-refractivity contribution in [2.75, 3.05) is 12.3 Å². The summed E-state index contributed by atoms with van der Waals surface area (Å²) in [5.74, 6) is 1.33. The summed E-state index contributed by atoms with van der Waals surface area (Å²) in [6.45, 7) is 1.99. The predicted molar refractivity (Wildman–Crippen MR) is 68.6 cm³/mol. The molecule has 2 rings (SSSR count). The van der Waals surface area contributed by atoms with E-state index in [0.29, 0.717) is 0 Å². The maximum Gasteiger partial charge on any atom is 0.0450 e. The van der Waals surface area contributed by atoms with Crippen molar-refractivity contribution in [3.8, 4) is 0 Å². The maximum absolute atomic E-state index is 6.07. The Morgan fingerprint density at radius 1 is 1.40 bits per heavy atom. The predicted octanol–water partition coefficient (Wildman–Crippen LogP) is 3.33. The first kappa shape index (κ1) is 11.3. The molecule has 0 saturated carbocycles. The van der Waals surface area contributed by atoms with Crippen LogP contribution in [0.25, 0.3) is 0 Å². The van der Waals surface area contributed by atoms with Crippen LogP contribution in [0.3, 0.4) is 0 Å². The van der Waals surface area contributed by atoms with E-state index in [9.17, 15) is 0 Å². The van der Waals surface area contributed by atoms with E-state index in [1.807, 2.05) is 18.2 Å². The van der Waals surface area contributed by atoms with Crippen LogP contribution in [0, 0.1) is 0 Å². The average molecular weight is 242 g/mol. The highest BCUT2D eigenvalue weighted by Crippen LogP contribution is 2.25. The first-order chi connectivity index (χ1) is 7.36. The molecule has 0 radical (unpaired) electrons. The van der Waals surface area contributed by atoms with Gasteiger partial charge < -0.3 is 5.32 Å². The van der Waals surface area contributed by atoms with Crippen LogP contribution in [0.1, 0.15) is 18.4 Å². The standard InChI is InChI=1S/C12H16ClNS/c13-12-6-2-1-4-10(12)8-14-9-11-5-3-7-15-11/h1-2,4,6,11,14H,3,5,7-9H2. The van der Waals surface area contributed by atoms with Gasteiger partial charge in [0.15, 0.2) is 0 Å². The first-order valence-electron chi connectivity index (χ1n) is 5.42.